The van der Waals surface area contributed by atoms with Gasteiger partial charge in [-0.1, -0.05) is 19.1 Å². The van der Waals surface area contributed by atoms with Gasteiger partial charge in [0.1, 0.15) is 18.0 Å². The number of aliphatic imine (C=N–C) groups is 1. The maximum absolute atomic E-state index is 14.2. The molecular formula is C23H34FN7O. The minimum atomic E-state index is -0.164. The van der Waals surface area contributed by atoms with E-state index in [1.165, 1.54) is 12.5 Å². The average molecular weight is 444 g/mol. The third-order valence-electron chi connectivity index (χ3n) is 6.14. The van der Waals surface area contributed by atoms with Gasteiger partial charge >= 0.3 is 0 Å². The molecule has 174 valence electrons. The normalized spacial score (nSPS) is 19.9. The van der Waals surface area contributed by atoms with Crippen molar-refractivity contribution < 1.29 is 9.13 Å². The van der Waals surface area contributed by atoms with Gasteiger partial charge in [-0.2, -0.15) is 0 Å². The number of aromatic nitrogens is 3. The first-order chi connectivity index (χ1) is 15.7. The summed E-state index contributed by atoms with van der Waals surface area (Å²) in [6, 6.07) is 6.99. The zero-order valence-electron chi connectivity index (χ0n) is 18.9. The van der Waals surface area contributed by atoms with Crippen LogP contribution in [0.3, 0.4) is 0 Å². The number of hydrogen-bond acceptors (Lipinski definition) is 5. The van der Waals surface area contributed by atoms with Gasteiger partial charge in [-0.15, -0.1) is 10.2 Å². The van der Waals surface area contributed by atoms with Gasteiger partial charge in [-0.3, -0.25) is 4.99 Å². The van der Waals surface area contributed by atoms with Crippen molar-refractivity contribution in [2.45, 2.75) is 45.3 Å². The summed E-state index contributed by atoms with van der Waals surface area (Å²) < 4.78 is 22.1. The molecular weight excluding hydrogens is 409 g/mol. The number of guanidine groups is 1. The van der Waals surface area contributed by atoms with E-state index in [0.29, 0.717) is 12.2 Å². The summed E-state index contributed by atoms with van der Waals surface area (Å²) in [5.74, 6) is 1.72. The van der Waals surface area contributed by atoms with Crippen LogP contribution in [0.4, 0.5) is 10.1 Å². The van der Waals surface area contributed by atoms with Gasteiger partial charge in [-0.25, -0.2) is 4.39 Å². The highest BCUT2D eigenvalue weighted by molar-refractivity contribution is 5.80. The van der Waals surface area contributed by atoms with E-state index < -0.39 is 0 Å². The molecule has 4 rings (SSSR count). The minimum absolute atomic E-state index is 0.164. The summed E-state index contributed by atoms with van der Waals surface area (Å²) in [5.41, 5.74) is 0.675. The van der Waals surface area contributed by atoms with Crippen LogP contribution in [0, 0.1) is 5.82 Å². The predicted octanol–water partition coefficient (Wildman–Crippen LogP) is 2.32. The molecule has 9 heteroatoms. The first-order valence-corrected chi connectivity index (χ1v) is 11.8. The number of nitrogens with zero attached hydrogens (tertiary/aromatic N) is 6. The SMILES string of the molecule is CCc1nncn1CCNC(=NCC1CCCCO1)N1CCN(c2ccccc2F)CC1. The molecule has 0 bridgehead atoms. The van der Waals surface area contributed by atoms with Crippen molar-refractivity contribution in [3.05, 3.63) is 42.2 Å². The summed E-state index contributed by atoms with van der Waals surface area (Å²) in [6.07, 6.45) is 6.25. The van der Waals surface area contributed by atoms with Gasteiger partial charge in [0.2, 0.25) is 0 Å². The highest BCUT2D eigenvalue weighted by Crippen LogP contribution is 2.20. The van der Waals surface area contributed by atoms with Crippen molar-refractivity contribution in [2.75, 3.05) is 50.8 Å². The van der Waals surface area contributed by atoms with Crippen LogP contribution < -0.4 is 10.2 Å². The van der Waals surface area contributed by atoms with Gasteiger partial charge < -0.3 is 24.4 Å². The topological polar surface area (TPSA) is 70.8 Å². The van der Waals surface area contributed by atoms with E-state index >= 15 is 0 Å². The lowest BCUT2D eigenvalue weighted by Gasteiger charge is -2.38. The molecule has 2 aromatic rings. The standard InChI is InChI=1S/C23H34FN7O/c1-2-22-28-27-18-31(22)11-10-25-23(26-17-19-7-5-6-16-32-19)30-14-12-29(13-15-30)21-9-4-3-8-20(21)24/h3-4,8-9,18-19H,2,5-7,10-17H2,1H3,(H,25,26). The van der Waals surface area contributed by atoms with Crippen molar-refractivity contribution in [3.8, 4) is 0 Å². The largest absolute Gasteiger partial charge is 0.376 e. The van der Waals surface area contributed by atoms with Crippen molar-refractivity contribution in [3.63, 3.8) is 0 Å². The Kier molecular flexibility index (Phi) is 7.92. The molecule has 2 saturated heterocycles. The molecule has 0 spiro atoms. The van der Waals surface area contributed by atoms with Crippen LogP contribution in [0.2, 0.25) is 0 Å². The number of rotatable bonds is 7. The smallest absolute Gasteiger partial charge is 0.194 e. The summed E-state index contributed by atoms with van der Waals surface area (Å²) in [5, 5.41) is 11.7. The van der Waals surface area contributed by atoms with Gasteiger partial charge in [0.25, 0.3) is 0 Å². The van der Waals surface area contributed by atoms with E-state index in [4.69, 9.17) is 9.73 Å². The van der Waals surface area contributed by atoms with Gasteiger partial charge in [-0.05, 0) is 31.4 Å². The Morgan fingerprint density at radius 2 is 2.06 bits per heavy atom. The maximum Gasteiger partial charge on any atom is 0.194 e. The molecule has 0 aliphatic carbocycles. The third-order valence-corrected chi connectivity index (χ3v) is 6.14. The van der Waals surface area contributed by atoms with Crippen LogP contribution in [0.15, 0.2) is 35.6 Å². The number of halogens is 1. The zero-order chi connectivity index (χ0) is 22.2. The molecule has 1 atom stereocenters. The molecule has 2 aliphatic heterocycles. The quantitative estimate of drug-likeness (QED) is 0.523. The number of piperazine rings is 1. The molecule has 32 heavy (non-hydrogen) atoms. The Balaban J connectivity index is 1.37. The van der Waals surface area contributed by atoms with Crippen LogP contribution in [0.25, 0.3) is 0 Å². The van der Waals surface area contributed by atoms with Crippen molar-refractivity contribution >= 4 is 11.6 Å². The second-order valence-corrected chi connectivity index (χ2v) is 8.30. The molecule has 2 fully saturated rings. The Bertz CT molecular complexity index is 873. The Morgan fingerprint density at radius 1 is 1.22 bits per heavy atom. The summed E-state index contributed by atoms with van der Waals surface area (Å²) in [7, 11) is 0. The van der Waals surface area contributed by atoms with Crippen LogP contribution in [0.1, 0.15) is 32.0 Å². The lowest BCUT2D eigenvalue weighted by molar-refractivity contribution is 0.0223. The molecule has 1 aromatic carbocycles. The van der Waals surface area contributed by atoms with Crippen LogP contribution >= 0.6 is 0 Å². The van der Waals surface area contributed by atoms with Crippen molar-refractivity contribution in [1.29, 1.82) is 0 Å². The number of anilines is 1. The summed E-state index contributed by atoms with van der Waals surface area (Å²) in [4.78, 5) is 9.30. The Labute approximate surface area is 189 Å². The fourth-order valence-corrected chi connectivity index (χ4v) is 4.30. The van der Waals surface area contributed by atoms with E-state index in [-0.39, 0.29) is 11.9 Å². The van der Waals surface area contributed by atoms with E-state index in [2.05, 4.69) is 36.8 Å². The molecule has 3 heterocycles. The fraction of sp³-hybridized carbons (Fsp3) is 0.609. The van der Waals surface area contributed by atoms with Gasteiger partial charge in [0.05, 0.1) is 18.3 Å². The highest BCUT2D eigenvalue weighted by Gasteiger charge is 2.22. The average Bonchev–Trinajstić information content (AvgIpc) is 3.30. The second-order valence-electron chi connectivity index (χ2n) is 8.30. The van der Waals surface area contributed by atoms with Crippen LogP contribution in [0.5, 0.6) is 0 Å². The zero-order valence-corrected chi connectivity index (χ0v) is 18.9. The molecule has 8 nitrogen and oxygen atoms in total. The fourth-order valence-electron chi connectivity index (χ4n) is 4.30. The molecule has 1 unspecified atom stereocenters. The summed E-state index contributed by atoms with van der Waals surface area (Å²) in [6.45, 7) is 8.20. The number of para-hydroxylation sites is 1. The third kappa shape index (κ3) is 5.76. The Hall–Kier alpha value is -2.68. The van der Waals surface area contributed by atoms with E-state index in [1.807, 2.05) is 12.1 Å². The molecule has 0 amide bonds. The highest BCUT2D eigenvalue weighted by atomic mass is 19.1. The number of ether oxygens (including phenoxy) is 1. The first-order valence-electron chi connectivity index (χ1n) is 11.8. The van der Waals surface area contributed by atoms with E-state index in [0.717, 1.165) is 76.9 Å². The number of benzene rings is 1. The predicted molar refractivity (Wildman–Crippen MR) is 123 cm³/mol. The van der Waals surface area contributed by atoms with Gasteiger partial charge in [0, 0.05) is 52.3 Å². The number of hydrogen-bond donors (Lipinski definition) is 1. The van der Waals surface area contributed by atoms with Crippen LogP contribution in [-0.2, 0) is 17.7 Å². The Morgan fingerprint density at radius 3 is 2.81 bits per heavy atom. The molecule has 1 N–H and O–H groups in total. The lowest BCUT2D eigenvalue weighted by Crippen LogP contribution is -2.53. The molecule has 0 saturated carbocycles. The molecule has 1 aromatic heterocycles. The number of nitrogens with one attached hydrogen (secondary N) is 1. The lowest BCUT2D eigenvalue weighted by atomic mass is 10.1. The molecule has 0 radical (unpaired) electrons. The van der Waals surface area contributed by atoms with Gasteiger partial charge in [0.15, 0.2) is 5.96 Å². The van der Waals surface area contributed by atoms with Crippen molar-refractivity contribution in [2.24, 2.45) is 4.99 Å². The monoisotopic (exact) mass is 443 g/mol. The first kappa shape index (κ1) is 22.5. The van der Waals surface area contributed by atoms with E-state index in [9.17, 15) is 4.39 Å². The molecule has 2 aliphatic rings. The van der Waals surface area contributed by atoms with E-state index in [1.54, 1.807) is 12.4 Å². The number of aryl methyl sites for hydroxylation is 1. The minimum Gasteiger partial charge on any atom is -0.376 e. The second kappa shape index (κ2) is 11.3. The van der Waals surface area contributed by atoms with Crippen LogP contribution in [-0.4, -0.2) is 77.6 Å². The summed E-state index contributed by atoms with van der Waals surface area (Å²) >= 11 is 0. The maximum atomic E-state index is 14.2. The van der Waals surface area contributed by atoms with Crippen molar-refractivity contribution in [1.82, 2.24) is 25.0 Å².